The third kappa shape index (κ3) is 2.26. The Morgan fingerprint density at radius 2 is 2.00 bits per heavy atom. The molecule has 0 radical (unpaired) electrons. The second-order valence-electron chi connectivity index (χ2n) is 6.54. The summed E-state index contributed by atoms with van der Waals surface area (Å²) in [5, 5.41) is 9.28. The molecule has 0 spiro atoms. The predicted octanol–water partition coefficient (Wildman–Crippen LogP) is 1.94. The van der Waals surface area contributed by atoms with Gasteiger partial charge in [-0.05, 0) is 42.5 Å². The fourth-order valence-corrected chi connectivity index (χ4v) is 3.89. The summed E-state index contributed by atoms with van der Waals surface area (Å²) in [6.07, 6.45) is 4.49. The molecule has 1 aromatic carbocycles. The maximum atomic E-state index is 12.2. The smallest absolute Gasteiger partial charge is 0.357 e. The normalized spacial score (nSPS) is 15.4. The number of anilines is 2. The van der Waals surface area contributed by atoms with Crippen LogP contribution in [0.4, 0.5) is 11.4 Å². The van der Waals surface area contributed by atoms with Crippen LogP contribution in [0.25, 0.3) is 5.69 Å². The maximum absolute atomic E-state index is 12.2. The fourth-order valence-electron chi connectivity index (χ4n) is 3.89. The van der Waals surface area contributed by atoms with Crippen LogP contribution in [0.15, 0.2) is 18.3 Å². The van der Waals surface area contributed by atoms with E-state index in [0.717, 1.165) is 41.9 Å². The van der Waals surface area contributed by atoms with E-state index in [9.17, 15) is 14.9 Å². The lowest BCUT2D eigenvalue weighted by Crippen LogP contribution is -2.39. The zero-order valence-electron chi connectivity index (χ0n) is 14.4. The van der Waals surface area contributed by atoms with Crippen LogP contribution in [-0.4, -0.2) is 30.1 Å². The van der Waals surface area contributed by atoms with Crippen LogP contribution in [0.2, 0.25) is 0 Å². The minimum Gasteiger partial charge on any atom is -0.464 e. The number of nitriles is 1. The number of carbonyl (C=O) groups is 2. The molecular formula is C19H18N4O3. The first-order valence-electron chi connectivity index (χ1n) is 8.51. The number of amides is 1. The summed E-state index contributed by atoms with van der Waals surface area (Å²) in [7, 11) is 1.28. The van der Waals surface area contributed by atoms with Crippen LogP contribution in [0.1, 0.15) is 40.0 Å². The second-order valence-corrected chi connectivity index (χ2v) is 6.54. The highest BCUT2D eigenvalue weighted by molar-refractivity contribution is 5.98. The van der Waals surface area contributed by atoms with Gasteiger partial charge in [-0.2, -0.15) is 5.26 Å². The second kappa shape index (κ2) is 5.92. The standard InChI is InChI=1S/C19H18N4O3/c1-26-19(25)18-16(21)13(9-20)10-23(18)14-7-11-3-2-6-22-15(24)5-4-12(8-14)17(11)22/h7-8,10H,2-6,21H2,1H3. The summed E-state index contributed by atoms with van der Waals surface area (Å²) < 4.78 is 6.46. The van der Waals surface area contributed by atoms with Gasteiger partial charge in [0.05, 0.1) is 24.0 Å². The van der Waals surface area contributed by atoms with Crippen molar-refractivity contribution < 1.29 is 14.3 Å². The molecular weight excluding hydrogens is 332 g/mol. The highest BCUT2D eigenvalue weighted by atomic mass is 16.5. The van der Waals surface area contributed by atoms with E-state index in [4.69, 9.17) is 10.5 Å². The minimum absolute atomic E-state index is 0.113. The van der Waals surface area contributed by atoms with Gasteiger partial charge in [-0.1, -0.05) is 0 Å². The van der Waals surface area contributed by atoms with Crippen LogP contribution < -0.4 is 10.6 Å². The van der Waals surface area contributed by atoms with Crippen LogP contribution in [0.5, 0.6) is 0 Å². The number of benzene rings is 1. The van der Waals surface area contributed by atoms with Crippen molar-refractivity contribution in [2.24, 2.45) is 0 Å². The Morgan fingerprint density at radius 3 is 2.69 bits per heavy atom. The van der Waals surface area contributed by atoms with Gasteiger partial charge in [0.1, 0.15) is 6.07 Å². The number of rotatable bonds is 2. The number of hydrogen-bond acceptors (Lipinski definition) is 5. The van der Waals surface area contributed by atoms with E-state index >= 15 is 0 Å². The van der Waals surface area contributed by atoms with Crippen molar-refractivity contribution in [1.82, 2.24) is 4.57 Å². The van der Waals surface area contributed by atoms with Gasteiger partial charge in [0.25, 0.3) is 0 Å². The third-order valence-electron chi connectivity index (χ3n) is 5.08. The van der Waals surface area contributed by atoms with Crippen molar-refractivity contribution in [3.05, 3.63) is 40.7 Å². The van der Waals surface area contributed by atoms with E-state index in [-0.39, 0.29) is 22.9 Å². The molecule has 3 heterocycles. The van der Waals surface area contributed by atoms with Gasteiger partial charge in [0.15, 0.2) is 5.69 Å². The number of methoxy groups -OCH3 is 1. The minimum atomic E-state index is -0.591. The molecule has 0 unspecified atom stereocenters. The lowest BCUT2D eigenvalue weighted by atomic mass is 9.91. The number of nitrogens with two attached hydrogens (primary N) is 1. The van der Waals surface area contributed by atoms with E-state index in [2.05, 4.69) is 0 Å². The summed E-state index contributed by atoms with van der Waals surface area (Å²) in [5.74, 6) is -0.425. The summed E-state index contributed by atoms with van der Waals surface area (Å²) in [5.41, 5.74) is 10.4. The van der Waals surface area contributed by atoms with E-state index in [1.807, 2.05) is 23.1 Å². The molecule has 1 amide bonds. The number of aryl methyl sites for hydroxylation is 2. The largest absolute Gasteiger partial charge is 0.464 e. The molecule has 2 N–H and O–H groups in total. The molecule has 0 aliphatic carbocycles. The van der Waals surface area contributed by atoms with Crippen LogP contribution in [0.3, 0.4) is 0 Å². The maximum Gasteiger partial charge on any atom is 0.357 e. The fraction of sp³-hybridized carbons (Fsp3) is 0.316. The molecule has 7 nitrogen and oxygen atoms in total. The molecule has 2 aromatic rings. The van der Waals surface area contributed by atoms with Gasteiger partial charge >= 0.3 is 5.97 Å². The molecule has 2 aliphatic rings. The van der Waals surface area contributed by atoms with Gasteiger partial charge in [-0.15, -0.1) is 0 Å². The van der Waals surface area contributed by atoms with Crippen molar-refractivity contribution in [2.75, 3.05) is 24.3 Å². The monoisotopic (exact) mass is 350 g/mol. The number of aromatic nitrogens is 1. The Morgan fingerprint density at radius 1 is 1.27 bits per heavy atom. The Balaban J connectivity index is 1.93. The van der Waals surface area contributed by atoms with Crippen molar-refractivity contribution in [1.29, 1.82) is 5.26 Å². The first kappa shape index (κ1) is 16.2. The third-order valence-corrected chi connectivity index (χ3v) is 5.08. The average molecular weight is 350 g/mol. The quantitative estimate of drug-likeness (QED) is 0.834. The van der Waals surface area contributed by atoms with Gasteiger partial charge < -0.3 is 19.9 Å². The van der Waals surface area contributed by atoms with Gasteiger partial charge in [-0.3, -0.25) is 4.79 Å². The molecule has 1 aromatic heterocycles. The summed E-state index contributed by atoms with van der Waals surface area (Å²) in [4.78, 5) is 26.3. The number of carbonyl (C=O) groups excluding carboxylic acids is 2. The highest BCUT2D eigenvalue weighted by Gasteiger charge is 2.30. The molecule has 0 atom stereocenters. The predicted molar refractivity (Wildman–Crippen MR) is 95.2 cm³/mol. The molecule has 26 heavy (non-hydrogen) atoms. The van der Waals surface area contributed by atoms with E-state index < -0.39 is 5.97 Å². The van der Waals surface area contributed by atoms with Crippen molar-refractivity contribution in [3.63, 3.8) is 0 Å². The number of esters is 1. The Labute approximate surface area is 150 Å². The number of ether oxygens (including phenoxy) is 1. The zero-order chi connectivity index (χ0) is 18.4. The van der Waals surface area contributed by atoms with Crippen molar-refractivity contribution in [3.8, 4) is 11.8 Å². The van der Waals surface area contributed by atoms with Gasteiger partial charge in [-0.25, -0.2) is 4.79 Å². The topological polar surface area (TPSA) is 101 Å². The number of nitrogens with zero attached hydrogens (tertiary/aromatic N) is 3. The zero-order valence-corrected chi connectivity index (χ0v) is 14.4. The SMILES string of the molecule is COC(=O)c1c(N)c(C#N)cn1-c1cc2c3c(c1)CCC(=O)N3CCC2. The lowest BCUT2D eigenvalue weighted by Gasteiger charge is -2.35. The molecule has 7 heteroatoms. The first-order chi connectivity index (χ1) is 12.5. The number of hydrogen-bond donors (Lipinski definition) is 1. The van der Waals surface area contributed by atoms with Crippen LogP contribution in [0, 0.1) is 11.3 Å². The van der Waals surface area contributed by atoms with Gasteiger partial charge in [0.2, 0.25) is 5.91 Å². The summed E-state index contributed by atoms with van der Waals surface area (Å²) >= 11 is 0. The van der Waals surface area contributed by atoms with E-state index in [1.165, 1.54) is 7.11 Å². The Kier molecular flexibility index (Phi) is 3.69. The molecule has 2 aliphatic heterocycles. The molecule has 0 saturated carbocycles. The van der Waals surface area contributed by atoms with Gasteiger partial charge in [0, 0.05) is 24.8 Å². The molecule has 0 fully saturated rings. The lowest BCUT2D eigenvalue weighted by molar-refractivity contribution is -0.119. The molecule has 4 rings (SSSR count). The van der Waals surface area contributed by atoms with Crippen molar-refractivity contribution >= 4 is 23.3 Å². The molecule has 0 bridgehead atoms. The molecule has 132 valence electrons. The van der Waals surface area contributed by atoms with Crippen molar-refractivity contribution in [2.45, 2.75) is 25.7 Å². The molecule has 0 saturated heterocycles. The summed E-state index contributed by atoms with van der Waals surface area (Å²) in [6, 6.07) is 5.95. The van der Waals surface area contributed by atoms with Crippen LogP contribution >= 0.6 is 0 Å². The summed E-state index contributed by atoms with van der Waals surface area (Å²) in [6.45, 7) is 0.751. The van der Waals surface area contributed by atoms with E-state index in [0.29, 0.717) is 12.8 Å². The van der Waals surface area contributed by atoms with E-state index in [1.54, 1.807) is 10.8 Å². The Bertz CT molecular complexity index is 966. The first-order valence-corrected chi connectivity index (χ1v) is 8.51. The highest BCUT2D eigenvalue weighted by Crippen LogP contribution is 2.38. The average Bonchev–Trinajstić information content (AvgIpc) is 3.00. The van der Waals surface area contributed by atoms with Crippen LogP contribution in [-0.2, 0) is 22.4 Å². The Hall–Kier alpha value is -3.27. The number of nitrogen functional groups attached to an aromatic ring is 1.